The highest BCUT2D eigenvalue weighted by molar-refractivity contribution is 6.03. The summed E-state index contributed by atoms with van der Waals surface area (Å²) in [5, 5.41) is 2.59. The van der Waals surface area contributed by atoms with Gasteiger partial charge in [-0.25, -0.2) is 9.18 Å². The van der Waals surface area contributed by atoms with Crippen LogP contribution in [0.25, 0.3) is 6.08 Å². The molecule has 26 heavy (non-hydrogen) atoms. The average Bonchev–Trinajstić information content (AvgIpc) is 3.10. The van der Waals surface area contributed by atoms with E-state index >= 15 is 0 Å². The first-order valence-electron chi connectivity index (χ1n) is 8.11. The van der Waals surface area contributed by atoms with E-state index in [1.54, 1.807) is 6.08 Å². The van der Waals surface area contributed by atoms with Gasteiger partial charge < -0.3 is 14.8 Å². The Hall–Kier alpha value is -3.15. The maximum Gasteiger partial charge on any atom is 0.338 e. The normalized spacial score (nSPS) is 12.6. The van der Waals surface area contributed by atoms with Crippen LogP contribution in [0.15, 0.2) is 36.4 Å². The van der Waals surface area contributed by atoms with Crippen LogP contribution in [0.2, 0.25) is 0 Å². The van der Waals surface area contributed by atoms with Crippen molar-refractivity contribution in [1.82, 2.24) is 0 Å². The minimum Gasteiger partial charge on any atom is -0.493 e. The van der Waals surface area contributed by atoms with E-state index in [4.69, 9.17) is 4.74 Å². The van der Waals surface area contributed by atoms with Gasteiger partial charge in [-0.3, -0.25) is 4.79 Å². The Morgan fingerprint density at radius 3 is 2.85 bits per heavy atom. The second-order valence-electron chi connectivity index (χ2n) is 5.91. The number of hydrogen-bond acceptors (Lipinski definition) is 4. The molecule has 1 aliphatic rings. The topological polar surface area (TPSA) is 64.6 Å². The van der Waals surface area contributed by atoms with Crippen LogP contribution < -0.4 is 10.1 Å². The molecule has 0 bridgehead atoms. The molecule has 2 aromatic carbocycles. The quantitative estimate of drug-likeness (QED) is 0.673. The molecule has 0 aromatic heterocycles. The molecular weight excluding hydrogens is 337 g/mol. The number of ether oxygens (including phenoxy) is 2. The SMILES string of the molecule is COC(=O)c1cc(F)c(C)c(NC(=O)/C=C/c2ccc3c(c2)CCO3)c1. The number of fused-ring (bicyclic) bond motifs is 1. The van der Waals surface area contributed by atoms with Gasteiger partial charge in [0.25, 0.3) is 0 Å². The van der Waals surface area contributed by atoms with Crippen molar-refractivity contribution in [3.8, 4) is 5.75 Å². The minimum atomic E-state index is -0.671. The number of carbonyl (C=O) groups excluding carboxylic acids is 2. The number of methoxy groups -OCH3 is 1. The van der Waals surface area contributed by atoms with Crippen LogP contribution in [0, 0.1) is 12.7 Å². The zero-order valence-corrected chi connectivity index (χ0v) is 14.5. The molecular formula is C20H18FNO4. The molecule has 0 radical (unpaired) electrons. The Kier molecular flexibility index (Phi) is 5.02. The van der Waals surface area contributed by atoms with Gasteiger partial charge in [-0.15, -0.1) is 0 Å². The summed E-state index contributed by atoms with van der Waals surface area (Å²) in [4.78, 5) is 23.8. The van der Waals surface area contributed by atoms with Crippen LogP contribution in [0.1, 0.15) is 27.0 Å². The lowest BCUT2D eigenvalue weighted by molar-refractivity contribution is -0.111. The maximum absolute atomic E-state index is 14.0. The van der Waals surface area contributed by atoms with E-state index in [0.29, 0.717) is 6.61 Å². The highest BCUT2D eigenvalue weighted by Gasteiger charge is 2.14. The summed E-state index contributed by atoms with van der Waals surface area (Å²) < 4.78 is 24.0. The summed E-state index contributed by atoms with van der Waals surface area (Å²) in [5.41, 5.74) is 2.48. The summed E-state index contributed by atoms with van der Waals surface area (Å²) in [6.07, 6.45) is 3.88. The Morgan fingerprint density at radius 1 is 1.27 bits per heavy atom. The Morgan fingerprint density at radius 2 is 2.08 bits per heavy atom. The summed E-state index contributed by atoms with van der Waals surface area (Å²) in [7, 11) is 1.21. The number of rotatable bonds is 4. The van der Waals surface area contributed by atoms with Crippen LogP contribution in [0.5, 0.6) is 5.75 Å². The number of halogens is 1. The van der Waals surface area contributed by atoms with Crippen molar-refractivity contribution in [3.63, 3.8) is 0 Å². The van der Waals surface area contributed by atoms with Gasteiger partial charge in [0.2, 0.25) is 5.91 Å². The smallest absolute Gasteiger partial charge is 0.338 e. The molecule has 0 unspecified atom stereocenters. The monoisotopic (exact) mass is 355 g/mol. The first-order chi connectivity index (χ1) is 12.5. The Balaban J connectivity index is 1.75. The molecule has 0 saturated carbocycles. The van der Waals surface area contributed by atoms with Crippen LogP contribution in [-0.4, -0.2) is 25.6 Å². The molecule has 1 N–H and O–H groups in total. The van der Waals surface area contributed by atoms with Crippen molar-refractivity contribution in [2.45, 2.75) is 13.3 Å². The van der Waals surface area contributed by atoms with E-state index in [-0.39, 0.29) is 16.8 Å². The highest BCUT2D eigenvalue weighted by Crippen LogP contribution is 2.26. The molecule has 1 heterocycles. The number of hydrogen-bond donors (Lipinski definition) is 1. The molecule has 3 rings (SSSR count). The summed E-state index contributed by atoms with van der Waals surface area (Å²) in [6.45, 7) is 2.20. The lowest BCUT2D eigenvalue weighted by Crippen LogP contribution is -2.11. The third kappa shape index (κ3) is 3.74. The molecule has 5 nitrogen and oxygen atoms in total. The van der Waals surface area contributed by atoms with Gasteiger partial charge in [-0.05, 0) is 48.4 Å². The standard InChI is InChI=1S/C20H18FNO4/c1-12-16(21)10-15(20(24)25-2)11-17(12)22-19(23)6-4-13-3-5-18-14(9-13)7-8-26-18/h3-6,9-11H,7-8H2,1-2H3,(H,22,23)/b6-4+. The van der Waals surface area contributed by atoms with E-state index in [1.165, 1.54) is 26.2 Å². The lowest BCUT2D eigenvalue weighted by atomic mass is 10.1. The number of amides is 1. The average molecular weight is 355 g/mol. The largest absolute Gasteiger partial charge is 0.493 e. The summed E-state index contributed by atoms with van der Waals surface area (Å²) in [6, 6.07) is 8.17. The predicted octanol–water partition coefficient (Wildman–Crippen LogP) is 3.51. The van der Waals surface area contributed by atoms with Crippen molar-refractivity contribution in [3.05, 3.63) is 64.5 Å². The lowest BCUT2D eigenvalue weighted by Gasteiger charge is -2.10. The van der Waals surface area contributed by atoms with Gasteiger partial charge in [-0.2, -0.15) is 0 Å². The zero-order valence-electron chi connectivity index (χ0n) is 14.5. The van der Waals surface area contributed by atoms with Crippen LogP contribution >= 0.6 is 0 Å². The highest BCUT2D eigenvalue weighted by atomic mass is 19.1. The number of esters is 1. The van der Waals surface area contributed by atoms with Crippen LogP contribution in [-0.2, 0) is 16.0 Å². The second-order valence-corrected chi connectivity index (χ2v) is 5.91. The first-order valence-corrected chi connectivity index (χ1v) is 8.11. The zero-order chi connectivity index (χ0) is 18.7. The minimum absolute atomic E-state index is 0.0356. The van der Waals surface area contributed by atoms with Gasteiger partial charge in [-0.1, -0.05) is 6.07 Å². The molecule has 6 heteroatoms. The third-order valence-corrected chi connectivity index (χ3v) is 4.16. The fraction of sp³-hybridized carbons (Fsp3) is 0.200. The van der Waals surface area contributed by atoms with E-state index in [1.807, 2.05) is 18.2 Å². The maximum atomic E-state index is 14.0. The number of anilines is 1. The van der Waals surface area contributed by atoms with Crippen molar-refractivity contribution in [1.29, 1.82) is 0 Å². The van der Waals surface area contributed by atoms with Crippen LogP contribution in [0.3, 0.4) is 0 Å². The van der Waals surface area contributed by atoms with Crippen molar-refractivity contribution in [2.24, 2.45) is 0 Å². The fourth-order valence-electron chi connectivity index (χ4n) is 2.70. The molecule has 0 saturated heterocycles. The number of nitrogens with one attached hydrogen (secondary N) is 1. The third-order valence-electron chi connectivity index (χ3n) is 4.16. The molecule has 0 spiro atoms. The van der Waals surface area contributed by atoms with E-state index in [9.17, 15) is 14.0 Å². The van der Waals surface area contributed by atoms with Gasteiger partial charge >= 0.3 is 5.97 Å². The molecule has 0 aliphatic carbocycles. The van der Waals surface area contributed by atoms with Gasteiger partial charge in [0, 0.05) is 23.7 Å². The van der Waals surface area contributed by atoms with Crippen molar-refractivity contribution >= 4 is 23.6 Å². The predicted molar refractivity (Wildman–Crippen MR) is 95.8 cm³/mol. The molecule has 134 valence electrons. The molecule has 1 aliphatic heterocycles. The summed E-state index contributed by atoms with van der Waals surface area (Å²) in [5.74, 6) is -0.815. The molecule has 2 aromatic rings. The van der Waals surface area contributed by atoms with Crippen molar-refractivity contribution < 1.29 is 23.5 Å². The number of benzene rings is 2. The molecule has 0 atom stereocenters. The summed E-state index contributed by atoms with van der Waals surface area (Å²) >= 11 is 0. The molecule has 1 amide bonds. The van der Waals surface area contributed by atoms with Crippen LogP contribution in [0.4, 0.5) is 10.1 Å². The first kappa shape index (κ1) is 17.7. The van der Waals surface area contributed by atoms with E-state index in [0.717, 1.165) is 29.4 Å². The Labute approximate surface area is 150 Å². The van der Waals surface area contributed by atoms with E-state index in [2.05, 4.69) is 10.1 Å². The number of carbonyl (C=O) groups is 2. The van der Waals surface area contributed by atoms with Gasteiger partial charge in [0.1, 0.15) is 11.6 Å². The Bertz CT molecular complexity index is 905. The van der Waals surface area contributed by atoms with Gasteiger partial charge in [0.15, 0.2) is 0 Å². The van der Waals surface area contributed by atoms with E-state index < -0.39 is 17.7 Å². The second kappa shape index (κ2) is 7.39. The molecule has 0 fully saturated rings. The fourth-order valence-corrected chi connectivity index (χ4v) is 2.70. The van der Waals surface area contributed by atoms with Gasteiger partial charge in [0.05, 0.1) is 19.3 Å². The van der Waals surface area contributed by atoms with Crippen molar-refractivity contribution in [2.75, 3.05) is 19.0 Å².